The van der Waals surface area contributed by atoms with Crippen LogP contribution < -0.4 is 10.1 Å². The molecule has 0 radical (unpaired) electrons. The predicted molar refractivity (Wildman–Crippen MR) is 96.9 cm³/mol. The number of nitrogens with zero attached hydrogens (tertiary/aromatic N) is 3. The number of hydrogen-bond donors (Lipinski definition) is 2. The van der Waals surface area contributed by atoms with E-state index in [-0.39, 0.29) is 24.3 Å². The van der Waals surface area contributed by atoms with Crippen LogP contribution in [0.1, 0.15) is 35.7 Å². The van der Waals surface area contributed by atoms with Crippen LogP contribution in [0.4, 0.5) is 0 Å². The van der Waals surface area contributed by atoms with E-state index in [9.17, 15) is 9.90 Å². The molecule has 1 aromatic carbocycles. The Hall–Kier alpha value is -2.41. The Labute approximate surface area is 153 Å². The Balaban J connectivity index is 1.45. The van der Waals surface area contributed by atoms with Crippen LogP contribution in [0.3, 0.4) is 0 Å². The summed E-state index contributed by atoms with van der Waals surface area (Å²) < 4.78 is 7.43. The van der Waals surface area contributed by atoms with Crippen molar-refractivity contribution in [2.24, 2.45) is 13.0 Å². The van der Waals surface area contributed by atoms with Crippen molar-refractivity contribution >= 4 is 5.91 Å². The maximum atomic E-state index is 12.1. The van der Waals surface area contributed by atoms with E-state index < -0.39 is 6.10 Å². The van der Waals surface area contributed by atoms with E-state index in [1.54, 1.807) is 6.33 Å². The quantitative estimate of drug-likeness (QED) is 0.816. The van der Waals surface area contributed by atoms with Crippen LogP contribution in [0.25, 0.3) is 0 Å². The number of nitrogens with one attached hydrogen (secondary N) is 1. The standard InChI is InChI=1S/C19H26N4O3/c1-12-4-5-16(6-13(12)2)26-10-18(25)20-9-15-7-14(8-17(15)24)19-22-21-11-23(19)3/h4-6,11,14-15,17,24H,7-10H2,1-3H3,(H,20,25)/t14-,15+,17+/m0/s1. The van der Waals surface area contributed by atoms with Crippen LogP contribution in [0, 0.1) is 19.8 Å². The van der Waals surface area contributed by atoms with Crippen molar-refractivity contribution in [3.63, 3.8) is 0 Å². The minimum atomic E-state index is -0.447. The number of carbonyl (C=O) groups is 1. The molecule has 1 aliphatic rings. The third-order valence-electron chi connectivity index (χ3n) is 5.18. The van der Waals surface area contributed by atoms with E-state index in [1.807, 2.05) is 43.7 Å². The predicted octanol–water partition coefficient (Wildman–Crippen LogP) is 1.48. The summed E-state index contributed by atoms with van der Waals surface area (Å²) in [5.41, 5.74) is 2.32. The second-order valence-electron chi connectivity index (χ2n) is 7.13. The zero-order valence-electron chi connectivity index (χ0n) is 15.5. The highest BCUT2D eigenvalue weighted by atomic mass is 16.5. The number of aryl methyl sites for hydroxylation is 3. The second kappa shape index (κ2) is 7.86. The SMILES string of the molecule is Cc1ccc(OCC(=O)NC[C@H]2C[C@H](c3nncn3C)C[C@H]2O)cc1C. The van der Waals surface area contributed by atoms with Gasteiger partial charge in [0.25, 0.3) is 5.91 Å². The normalized spacial score (nSPS) is 22.4. The Morgan fingerprint density at radius 1 is 1.35 bits per heavy atom. The van der Waals surface area contributed by atoms with Crippen molar-refractivity contribution in [3.05, 3.63) is 41.5 Å². The molecule has 3 atom stereocenters. The Morgan fingerprint density at radius 2 is 2.15 bits per heavy atom. The van der Waals surface area contributed by atoms with Gasteiger partial charge in [-0.25, -0.2) is 0 Å². The van der Waals surface area contributed by atoms with E-state index in [0.29, 0.717) is 18.7 Å². The number of amides is 1. The molecular weight excluding hydrogens is 332 g/mol. The first kappa shape index (κ1) is 18.4. The number of aliphatic hydroxyl groups is 1. The molecule has 1 aliphatic carbocycles. The number of rotatable bonds is 6. The van der Waals surface area contributed by atoms with Gasteiger partial charge in [0.2, 0.25) is 0 Å². The van der Waals surface area contributed by atoms with Crippen molar-refractivity contribution in [2.45, 2.75) is 38.7 Å². The number of ether oxygens (including phenoxy) is 1. The van der Waals surface area contributed by atoms with Crippen LogP contribution in [-0.4, -0.2) is 45.0 Å². The van der Waals surface area contributed by atoms with Gasteiger partial charge in [-0.15, -0.1) is 10.2 Å². The summed E-state index contributed by atoms with van der Waals surface area (Å²) in [4.78, 5) is 12.1. The number of aromatic nitrogens is 3. The fourth-order valence-corrected chi connectivity index (χ4v) is 3.44. The smallest absolute Gasteiger partial charge is 0.257 e. The summed E-state index contributed by atoms with van der Waals surface area (Å²) in [5.74, 6) is 1.58. The van der Waals surface area contributed by atoms with Gasteiger partial charge in [0.05, 0.1) is 6.10 Å². The molecule has 1 amide bonds. The highest BCUT2D eigenvalue weighted by Crippen LogP contribution is 2.37. The summed E-state index contributed by atoms with van der Waals surface area (Å²) in [6.07, 6.45) is 2.65. The summed E-state index contributed by atoms with van der Waals surface area (Å²) in [7, 11) is 1.90. The number of carbonyl (C=O) groups excluding carboxylic acids is 1. The molecule has 0 spiro atoms. The van der Waals surface area contributed by atoms with E-state index in [0.717, 1.165) is 17.8 Å². The number of benzene rings is 1. The third kappa shape index (κ3) is 4.22. The largest absolute Gasteiger partial charge is 0.484 e. The van der Waals surface area contributed by atoms with Crippen LogP contribution in [0.15, 0.2) is 24.5 Å². The summed E-state index contributed by atoms with van der Waals surface area (Å²) in [6.45, 7) is 4.45. The van der Waals surface area contributed by atoms with Crippen LogP contribution >= 0.6 is 0 Å². The lowest BCUT2D eigenvalue weighted by molar-refractivity contribution is -0.123. The molecule has 1 fully saturated rings. The van der Waals surface area contributed by atoms with Crippen molar-refractivity contribution in [1.82, 2.24) is 20.1 Å². The summed E-state index contributed by atoms with van der Waals surface area (Å²) in [6, 6.07) is 5.76. The number of aliphatic hydroxyl groups excluding tert-OH is 1. The highest BCUT2D eigenvalue weighted by molar-refractivity contribution is 5.77. The maximum absolute atomic E-state index is 12.1. The van der Waals surface area contributed by atoms with Gasteiger partial charge in [-0.3, -0.25) is 4.79 Å². The molecule has 0 unspecified atom stereocenters. The minimum absolute atomic E-state index is 0.0160. The zero-order chi connectivity index (χ0) is 18.7. The molecule has 2 aromatic rings. The van der Waals surface area contributed by atoms with Crippen LogP contribution in [0.5, 0.6) is 5.75 Å². The molecule has 1 saturated carbocycles. The van der Waals surface area contributed by atoms with Gasteiger partial charge in [-0.05, 0) is 49.9 Å². The fraction of sp³-hybridized carbons (Fsp3) is 0.526. The van der Waals surface area contributed by atoms with Gasteiger partial charge in [-0.1, -0.05) is 6.07 Å². The molecule has 7 heteroatoms. The lowest BCUT2D eigenvalue weighted by atomic mass is 10.0. The topological polar surface area (TPSA) is 89.3 Å². The Bertz CT molecular complexity index is 774. The fourth-order valence-electron chi connectivity index (χ4n) is 3.44. The molecule has 1 aromatic heterocycles. The van der Waals surface area contributed by atoms with E-state index in [4.69, 9.17) is 4.74 Å². The first-order valence-electron chi connectivity index (χ1n) is 8.92. The molecule has 26 heavy (non-hydrogen) atoms. The molecule has 1 heterocycles. The van der Waals surface area contributed by atoms with Crippen LogP contribution in [-0.2, 0) is 11.8 Å². The van der Waals surface area contributed by atoms with Crippen molar-refractivity contribution < 1.29 is 14.6 Å². The van der Waals surface area contributed by atoms with Crippen molar-refractivity contribution in [2.75, 3.05) is 13.2 Å². The van der Waals surface area contributed by atoms with Crippen molar-refractivity contribution in [3.8, 4) is 5.75 Å². The van der Waals surface area contributed by atoms with Gasteiger partial charge >= 0.3 is 0 Å². The highest BCUT2D eigenvalue weighted by Gasteiger charge is 2.35. The zero-order valence-corrected chi connectivity index (χ0v) is 15.5. The van der Waals surface area contributed by atoms with E-state index in [2.05, 4.69) is 15.5 Å². The first-order chi connectivity index (χ1) is 12.4. The molecule has 3 rings (SSSR count). The minimum Gasteiger partial charge on any atom is -0.484 e. The lowest BCUT2D eigenvalue weighted by Gasteiger charge is -2.15. The third-order valence-corrected chi connectivity index (χ3v) is 5.18. The van der Waals surface area contributed by atoms with E-state index in [1.165, 1.54) is 5.56 Å². The molecule has 140 valence electrons. The first-order valence-corrected chi connectivity index (χ1v) is 8.92. The Morgan fingerprint density at radius 3 is 2.85 bits per heavy atom. The average molecular weight is 358 g/mol. The Kier molecular flexibility index (Phi) is 5.56. The lowest BCUT2D eigenvalue weighted by Crippen LogP contribution is -2.35. The average Bonchev–Trinajstić information content (AvgIpc) is 3.19. The van der Waals surface area contributed by atoms with Gasteiger partial charge < -0.3 is 19.7 Å². The molecule has 0 bridgehead atoms. The molecule has 0 saturated heterocycles. The van der Waals surface area contributed by atoms with Gasteiger partial charge in [0, 0.05) is 25.4 Å². The molecule has 7 nitrogen and oxygen atoms in total. The molecule has 0 aliphatic heterocycles. The maximum Gasteiger partial charge on any atom is 0.257 e. The summed E-state index contributed by atoms with van der Waals surface area (Å²) in [5, 5.41) is 21.2. The van der Waals surface area contributed by atoms with Gasteiger partial charge in [0.15, 0.2) is 6.61 Å². The number of hydrogen-bond acceptors (Lipinski definition) is 5. The van der Waals surface area contributed by atoms with Crippen LogP contribution in [0.2, 0.25) is 0 Å². The van der Waals surface area contributed by atoms with Crippen molar-refractivity contribution in [1.29, 1.82) is 0 Å². The van der Waals surface area contributed by atoms with Gasteiger partial charge in [0.1, 0.15) is 17.9 Å². The molecular formula is C19H26N4O3. The second-order valence-corrected chi connectivity index (χ2v) is 7.13. The summed E-state index contributed by atoms with van der Waals surface area (Å²) >= 11 is 0. The van der Waals surface area contributed by atoms with E-state index >= 15 is 0 Å². The molecule has 2 N–H and O–H groups in total. The monoisotopic (exact) mass is 358 g/mol. The van der Waals surface area contributed by atoms with Gasteiger partial charge in [-0.2, -0.15) is 0 Å².